The second-order valence-electron chi connectivity index (χ2n) is 4.60. The van der Waals surface area contributed by atoms with Gasteiger partial charge in [-0.05, 0) is 29.9 Å². The number of hydrogen-bond acceptors (Lipinski definition) is 4. The molecule has 2 aromatic heterocycles. The second-order valence-corrected chi connectivity index (χ2v) is 4.99. The lowest BCUT2D eigenvalue weighted by Crippen LogP contribution is -2.16. The molecule has 0 spiro atoms. The standard InChI is InChI=1S/C16H15N5S/c22-16-20-19-15(14-8-11-17-12-9-14)21(16)18-10-4-7-13-5-2-1-3-6-13/h1-9,11-12,18H,10H2,(H,20,22)/b7-4+. The van der Waals surface area contributed by atoms with Gasteiger partial charge in [-0.3, -0.25) is 4.98 Å². The van der Waals surface area contributed by atoms with E-state index in [0.29, 0.717) is 11.3 Å². The first-order valence-corrected chi connectivity index (χ1v) is 7.29. The smallest absolute Gasteiger partial charge is 0.214 e. The van der Waals surface area contributed by atoms with Crippen LogP contribution in [-0.2, 0) is 0 Å². The molecule has 0 fully saturated rings. The maximum absolute atomic E-state index is 5.26. The van der Waals surface area contributed by atoms with Crippen molar-refractivity contribution in [1.82, 2.24) is 19.9 Å². The van der Waals surface area contributed by atoms with Gasteiger partial charge in [-0.25, -0.2) is 9.77 Å². The van der Waals surface area contributed by atoms with Crippen LogP contribution in [0.4, 0.5) is 0 Å². The maximum Gasteiger partial charge on any atom is 0.214 e. The summed E-state index contributed by atoms with van der Waals surface area (Å²) in [5.41, 5.74) is 5.35. The van der Waals surface area contributed by atoms with E-state index in [1.54, 1.807) is 17.1 Å². The van der Waals surface area contributed by atoms with Crippen molar-refractivity contribution in [3.63, 3.8) is 0 Å². The molecule has 0 atom stereocenters. The van der Waals surface area contributed by atoms with Gasteiger partial charge in [0.1, 0.15) is 0 Å². The highest BCUT2D eigenvalue weighted by Crippen LogP contribution is 2.14. The molecule has 0 aliphatic carbocycles. The Morgan fingerprint density at radius 3 is 2.68 bits per heavy atom. The van der Waals surface area contributed by atoms with Crippen molar-refractivity contribution in [3.8, 4) is 11.4 Å². The summed E-state index contributed by atoms with van der Waals surface area (Å²) in [4.78, 5) is 4.01. The van der Waals surface area contributed by atoms with Crippen molar-refractivity contribution >= 4 is 18.3 Å². The van der Waals surface area contributed by atoms with Crippen LogP contribution in [0, 0.1) is 4.77 Å². The van der Waals surface area contributed by atoms with Gasteiger partial charge in [0.2, 0.25) is 4.77 Å². The van der Waals surface area contributed by atoms with Gasteiger partial charge >= 0.3 is 0 Å². The minimum atomic E-state index is 0.528. The Balaban J connectivity index is 1.72. The van der Waals surface area contributed by atoms with Crippen LogP contribution in [0.3, 0.4) is 0 Å². The summed E-state index contributed by atoms with van der Waals surface area (Å²) in [6.45, 7) is 0.640. The summed E-state index contributed by atoms with van der Waals surface area (Å²) in [5.74, 6) is 0.737. The van der Waals surface area contributed by atoms with Crippen LogP contribution in [-0.4, -0.2) is 26.4 Å². The Kier molecular flexibility index (Phi) is 4.41. The summed E-state index contributed by atoms with van der Waals surface area (Å²) in [5, 5.41) is 7.06. The Hall–Kier alpha value is -2.73. The molecular weight excluding hydrogens is 294 g/mol. The van der Waals surface area contributed by atoms with Crippen molar-refractivity contribution < 1.29 is 0 Å². The minimum absolute atomic E-state index is 0.528. The van der Waals surface area contributed by atoms with E-state index in [-0.39, 0.29) is 0 Å². The average Bonchev–Trinajstić information content (AvgIpc) is 2.94. The molecule has 110 valence electrons. The summed E-state index contributed by atoms with van der Waals surface area (Å²) < 4.78 is 2.29. The number of pyridine rings is 1. The van der Waals surface area contributed by atoms with Gasteiger partial charge in [0.25, 0.3) is 0 Å². The summed E-state index contributed by atoms with van der Waals surface area (Å²) in [6, 6.07) is 13.9. The molecule has 6 heteroatoms. The predicted octanol–water partition coefficient (Wildman–Crippen LogP) is 3.26. The normalized spacial score (nSPS) is 10.9. The molecule has 0 aliphatic heterocycles. The third kappa shape index (κ3) is 3.29. The van der Waals surface area contributed by atoms with E-state index in [4.69, 9.17) is 12.2 Å². The van der Waals surface area contributed by atoms with Crippen LogP contribution in [0.5, 0.6) is 0 Å². The Morgan fingerprint density at radius 1 is 1.14 bits per heavy atom. The van der Waals surface area contributed by atoms with Crippen LogP contribution < -0.4 is 5.43 Å². The van der Waals surface area contributed by atoms with E-state index >= 15 is 0 Å². The first kappa shape index (κ1) is 14.2. The molecule has 0 radical (unpaired) electrons. The van der Waals surface area contributed by atoms with E-state index in [1.165, 1.54) is 0 Å². The molecule has 3 aromatic rings. The molecule has 0 saturated carbocycles. The summed E-state index contributed by atoms with van der Waals surface area (Å²) in [6.07, 6.45) is 7.56. The van der Waals surface area contributed by atoms with Gasteiger partial charge in [-0.15, -0.1) is 0 Å². The lowest BCUT2D eigenvalue weighted by atomic mass is 10.2. The molecule has 2 heterocycles. The fourth-order valence-corrected chi connectivity index (χ4v) is 2.24. The lowest BCUT2D eigenvalue weighted by molar-refractivity contribution is 0.879. The highest BCUT2D eigenvalue weighted by Gasteiger charge is 2.07. The van der Waals surface area contributed by atoms with Crippen LogP contribution >= 0.6 is 12.2 Å². The Labute approximate surface area is 133 Å². The van der Waals surface area contributed by atoms with Crippen molar-refractivity contribution in [2.24, 2.45) is 0 Å². The molecular formula is C16H15N5S. The maximum atomic E-state index is 5.26. The fraction of sp³-hybridized carbons (Fsp3) is 0.0625. The molecule has 5 nitrogen and oxygen atoms in total. The molecule has 0 saturated heterocycles. The molecule has 3 rings (SSSR count). The van der Waals surface area contributed by atoms with Crippen LogP contribution in [0.25, 0.3) is 17.5 Å². The largest absolute Gasteiger partial charge is 0.318 e. The minimum Gasteiger partial charge on any atom is -0.318 e. The average molecular weight is 309 g/mol. The molecule has 22 heavy (non-hydrogen) atoms. The first-order chi connectivity index (χ1) is 10.8. The van der Waals surface area contributed by atoms with E-state index < -0.39 is 0 Å². The second kappa shape index (κ2) is 6.82. The van der Waals surface area contributed by atoms with Crippen molar-refractivity contribution in [3.05, 3.63) is 71.3 Å². The van der Waals surface area contributed by atoms with Crippen molar-refractivity contribution in [1.29, 1.82) is 0 Å². The molecule has 0 aliphatic rings. The molecule has 2 N–H and O–H groups in total. The van der Waals surface area contributed by atoms with Gasteiger partial charge in [0, 0.05) is 24.5 Å². The summed E-state index contributed by atoms with van der Waals surface area (Å²) >= 11 is 5.26. The van der Waals surface area contributed by atoms with Crippen LogP contribution in [0.15, 0.2) is 60.9 Å². The SMILES string of the molecule is S=c1[nH]nc(-c2ccncc2)n1NC/C=C/c1ccccc1. The number of rotatable bonds is 5. The van der Waals surface area contributed by atoms with Gasteiger partial charge < -0.3 is 5.43 Å². The molecule has 0 bridgehead atoms. The van der Waals surface area contributed by atoms with Gasteiger partial charge in [-0.2, -0.15) is 5.10 Å². The molecule has 0 unspecified atom stereocenters. The molecule has 1 aromatic carbocycles. The number of nitrogens with one attached hydrogen (secondary N) is 2. The predicted molar refractivity (Wildman–Crippen MR) is 90.3 cm³/mol. The number of benzene rings is 1. The number of nitrogens with zero attached hydrogens (tertiary/aromatic N) is 3. The highest BCUT2D eigenvalue weighted by atomic mass is 32.1. The highest BCUT2D eigenvalue weighted by molar-refractivity contribution is 7.71. The Bertz CT molecular complexity index is 805. The quantitative estimate of drug-likeness (QED) is 0.710. The van der Waals surface area contributed by atoms with Gasteiger partial charge in [0.15, 0.2) is 5.82 Å². The third-order valence-electron chi connectivity index (χ3n) is 3.09. The zero-order valence-electron chi connectivity index (χ0n) is 11.8. The number of aromatic amines is 1. The van der Waals surface area contributed by atoms with Crippen molar-refractivity contribution in [2.75, 3.05) is 12.0 Å². The molecule has 0 amide bonds. The zero-order chi connectivity index (χ0) is 15.2. The number of aromatic nitrogens is 4. The van der Waals surface area contributed by atoms with Crippen LogP contribution in [0.1, 0.15) is 5.56 Å². The van der Waals surface area contributed by atoms with E-state index in [0.717, 1.165) is 17.0 Å². The third-order valence-corrected chi connectivity index (χ3v) is 3.36. The van der Waals surface area contributed by atoms with Gasteiger partial charge in [-0.1, -0.05) is 42.5 Å². The number of hydrogen-bond donors (Lipinski definition) is 2. The van der Waals surface area contributed by atoms with E-state index in [1.807, 2.05) is 36.4 Å². The monoisotopic (exact) mass is 309 g/mol. The first-order valence-electron chi connectivity index (χ1n) is 6.88. The van der Waals surface area contributed by atoms with Gasteiger partial charge in [0.05, 0.1) is 0 Å². The fourth-order valence-electron chi connectivity index (χ4n) is 2.04. The zero-order valence-corrected chi connectivity index (χ0v) is 12.6. The topological polar surface area (TPSA) is 58.5 Å². The number of H-pyrrole nitrogens is 1. The lowest BCUT2D eigenvalue weighted by Gasteiger charge is -2.07. The summed E-state index contributed by atoms with van der Waals surface area (Å²) in [7, 11) is 0. The van der Waals surface area contributed by atoms with E-state index in [9.17, 15) is 0 Å². The van der Waals surface area contributed by atoms with E-state index in [2.05, 4.69) is 38.8 Å². The van der Waals surface area contributed by atoms with Crippen LogP contribution in [0.2, 0.25) is 0 Å². The van der Waals surface area contributed by atoms with Crippen molar-refractivity contribution in [2.45, 2.75) is 0 Å². The Morgan fingerprint density at radius 2 is 1.91 bits per heavy atom.